The number of aromatic nitrogens is 4. The van der Waals surface area contributed by atoms with Crippen molar-refractivity contribution in [2.45, 2.75) is 26.4 Å². The highest BCUT2D eigenvalue weighted by atomic mass is 16.5. The van der Waals surface area contributed by atoms with Crippen LogP contribution in [0.3, 0.4) is 0 Å². The van der Waals surface area contributed by atoms with Gasteiger partial charge in [-0.3, -0.25) is 0 Å². The lowest BCUT2D eigenvalue weighted by Crippen LogP contribution is -2.07. The number of rotatable bonds is 7. The van der Waals surface area contributed by atoms with E-state index in [1.165, 1.54) is 5.56 Å². The van der Waals surface area contributed by atoms with E-state index in [0.29, 0.717) is 18.3 Å². The molecule has 0 radical (unpaired) electrons. The summed E-state index contributed by atoms with van der Waals surface area (Å²) in [6.07, 6.45) is 1.81. The summed E-state index contributed by atoms with van der Waals surface area (Å²) in [6.45, 7) is 4.87. The summed E-state index contributed by atoms with van der Waals surface area (Å²) >= 11 is 0. The van der Waals surface area contributed by atoms with Crippen LogP contribution in [0, 0.1) is 0 Å². The van der Waals surface area contributed by atoms with Gasteiger partial charge in [-0.05, 0) is 43.7 Å². The molecule has 0 fully saturated rings. The Balaban J connectivity index is 1.68. The first-order chi connectivity index (χ1) is 14.1. The van der Waals surface area contributed by atoms with Crippen LogP contribution >= 0.6 is 0 Å². The van der Waals surface area contributed by atoms with E-state index in [9.17, 15) is 0 Å². The van der Waals surface area contributed by atoms with E-state index < -0.39 is 0 Å². The molecule has 0 aliphatic heterocycles. The van der Waals surface area contributed by atoms with Crippen LogP contribution in [0.4, 0.5) is 17.5 Å². The highest BCUT2D eigenvalue weighted by Gasteiger charge is 2.15. The van der Waals surface area contributed by atoms with Gasteiger partial charge in [0.25, 0.3) is 0 Å². The van der Waals surface area contributed by atoms with E-state index in [4.69, 9.17) is 9.72 Å². The molecule has 0 saturated heterocycles. The molecule has 2 aromatic heterocycles. The lowest BCUT2D eigenvalue weighted by Gasteiger charge is -2.12. The lowest BCUT2D eigenvalue weighted by molar-refractivity contribution is 0.415. The van der Waals surface area contributed by atoms with Crippen molar-refractivity contribution in [3.05, 3.63) is 66.5 Å². The van der Waals surface area contributed by atoms with E-state index >= 15 is 0 Å². The zero-order valence-corrected chi connectivity index (χ0v) is 16.8. The summed E-state index contributed by atoms with van der Waals surface area (Å²) in [5.41, 5.74) is 3.61. The molecular weight excluding hydrogens is 364 g/mol. The van der Waals surface area contributed by atoms with Crippen molar-refractivity contribution in [2.24, 2.45) is 0 Å². The Labute approximate surface area is 169 Å². The number of imidazole rings is 1. The van der Waals surface area contributed by atoms with Crippen LogP contribution in [0.1, 0.15) is 25.5 Å². The molecule has 0 bridgehead atoms. The second kappa shape index (κ2) is 8.18. The van der Waals surface area contributed by atoms with Crippen LogP contribution in [0.25, 0.3) is 11.2 Å². The monoisotopic (exact) mass is 388 g/mol. The standard InChI is InChI=1S/C22H24N6O/c1-15(2)28-14-24-19-20(23-13-16-7-5-4-6-8-16)26-22(27-21(19)28)25-17-9-11-18(29-3)12-10-17/h4-12,14-15H,13H2,1-3H3,(H2,23,25,26,27). The van der Waals surface area contributed by atoms with Gasteiger partial charge in [-0.1, -0.05) is 30.3 Å². The SMILES string of the molecule is COc1ccc(Nc2nc(NCc3ccccc3)c3ncn(C(C)C)c3n2)cc1. The topological polar surface area (TPSA) is 76.9 Å². The van der Waals surface area contributed by atoms with E-state index in [2.05, 4.69) is 46.6 Å². The quantitative estimate of drug-likeness (QED) is 0.475. The highest BCUT2D eigenvalue weighted by molar-refractivity contribution is 5.84. The molecule has 4 aromatic rings. The van der Waals surface area contributed by atoms with Crippen molar-refractivity contribution in [3.63, 3.8) is 0 Å². The number of nitrogens with zero attached hydrogens (tertiary/aromatic N) is 4. The minimum atomic E-state index is 0.241. The molecule has 4 rings (SSSR count). The average Bonchev–Trinajstić information content (AvgIpc) is 3.18. The maximum atomic E-state index is 5.22. The molecule has 0 spiro atoms. The predicted octanol–water partition coefficient (Wildman–Crippen LogP) is 4.77. The van der Waals surface area contributed by atoms with Crippen LogP contribution < -0.4 is 15.4 Å². The molecule has 29 heavy (non-hydrogen) atoms. The van der Waals surface area contributed by atoms with Crippen molar-refractivity contribution >= 4 is 28.6 Å². The first kappa shape index (κ1) is 18.7. The molecule has 0 saturated carbocycles. The summed E-state index contributed by atoms with van der Waals surface area (Å²) in [5, 5.41) is 6.70. The molecule has 0 atom stereocenters. The highest BCUT2D eigenvalue weighted by Crippen LogP contribution is 2.26. The summed E-state index contributed by atoms with van der Waals surface area (Å²) < 4.78 is 7.27. The number of benzene rings is 2. The molecule has 0 unspecified atom stereocenters. The molecule has 2 aromatic carbocycles. The minimum Gasteiger partial charge on any atom is -0.497 e. The maximum absolute atomic E-state index is 5.22. The summed E-state index contributed by atoms with van der Waals surface area (Å²) in [7, 11) is 1.65. The van der Waals surface area contributed by atoms with Gasteiger partial charge in [0.1, 0.15) is 5.75 Å². The van der Waals surface area contributed by atoms with Gasteiger partial charge in [-0.25, -0.2) is 4.98 Å². The molecule has 7 heteroatoms. The van der Waals surface area contributed by atoms with E-state index in [1.807, 2.05) is 53.4 Å². The number of hydrogen-bond donors (Lipinski definition) is 2. The van der Waals surface area contributed by atoms with Crippen LogP contribution in [-0.2, 0) is 6.54 Å². The molecule has 2 N–H and O–H groups in total. The van der Waals surface area contributed by atoms with Crippen molar-refractivity contribution in [1.29, 1.82) is 0 Å². The Bertz CT molecular complexity index is 1090. The first-order valence-electron chi connectivity index (χ1n) is 9.57. The average molecular weight is 388 g/mol. The third kappa shape index (κ3) is 4.13. The Morgan fingerprint density at radius 1 is 1.00 bits per heavy atom. The zero-order chi connectivity index (χ0) is 20.2. The Kier molecular flexibility index (Phi) is 5.29. The smallest absolute Gasteiger partial charge is 0.231 e. The van der Waals surface area contributed by atoms with Crippen molar-refractivity contribution < 1.29 is 4.74 Å². The summed E-state index contributed by atoms with van der Waals surface area (Å²) in [5.74, 6) is 2.02. The fraction of sp³-hybridized carbons (Fsp3) is 0.227. The Hall–Kier alpha value is -3.61. The predicted molar refractivity (Wildman–Crippen MR) is 116 cm³/mol. The van der Waals surface area contributed by atoms with E-state index in [1.54, 1.807) is 7.11 Å². The number of hydrogen-bond acceptors (Lipinski definition) is 6. The molecule has 148 valence electrons. The Morgan fingerprint density at radius 3 is 2.45 bits per heavy atom. The number of fused-ring (bicyclic) bond motifs is 1. The summed E-state index contributed by atoms with van der Waals surface area (Å²) in [4.78, 5) is 14.0. The van der Waals surface area contributed by atoms with Crippen molar-refractivity contribution in [2.75, 3.05) is 17.7 Å². The van der Waals surface area contributed by atoms with Crippen LogP contribution in [0.2, 0.25) is 0 Å². The Morgan fingerprint density at radius 2 is 1.76 bits per heavy atom. The number of anilines is 3. The molecule has 7 nitrogen and oxygen atoms in total. The second-order valence-corrected chi connectivity index (χ2v) is 7.01. The lowest BCUT2D eigenvalue weighted by atomic mass is 10.2. The van der Waals surface area contributed by atoms with Gasteiger partial charge in [0.05, 0.1) is 13.4 Å². The van der Waals surface area contributed by atoms with E-state index in [0.717, 1.165) is 22.6 Å². The third-order valence-electron chi connectivity index (χ3n) is 4.63. The van der Waals surface area contributed by atoms with E-state index in [-0.39, 0.29) is 6.04 Å². The van der Waals surface area contributed by atoms with Crippen molar-refractivity contribution in [1.82, 2.24) is 19.5 Å². The number of methoxy groups -OCH3 is 1. The zero-order valence-electron chi connectivity index (χ0n) is 16.8. The van der Waals surface area contributed by atoms with Gasteiger partial charge in [-0.15, -0.1) is 0 Å². The van der Waals surface area contributed by atoms with Gasteiger partial charge in [-0.2, -0.15) is 9.97 Å². The number of ether oxygens (including phenoxy) is 1. The normalized spacial score (nSPS) is 11.0. The maximum Gasteiger partial charge on any atom is 0.231 e. The molecule has 0 amide bonds. The fourth-order valence-electron chi connectivity index (χ4n) is 3.06. The largest absolute Gasteiger partial charge is 0.497 e. The molecule has 0 aliphatic rings. The first-order valence-corrected chi connectivity index (χ1v) is 9.57. The third-order valence-corrected chi connectivity index (χ3v) is 4.63. The van der Waals surface area contributed by atoms with Gasteiger partial charge >= 0.3 is 0 Å². The fourth-order valence-corrected chi connectivity index (χ4v) is 3.06. The van der Waals surface area contributed by atoms with Crippen LogP contribution in [-0.4, -0.2) is 26.6 Å². The molecule has 0 aliphatic carbocycles. The van der Waals surface area contributed by atoms with Gasteiger partial charge in [0.2, 0.25) is 5.95 Å². The van der Waals surface area contributed by atoms with Crippen LogP contribution in [0.15, 0.2) is 60.9 Å². The molecule has 2 heterocycles. The van der Waals surface area contributed by atoms with Gasteiger partial charge < -0.3 is 19.9 Å². The van der Waals surface area contributed by atoms with Crippen molar-refractivity contribution in [3.8, 4) is 5.75 Å². The number of nitrogens with one attached hydrogen (secondary N) is 2. The summed E-state index contributed by atoms with van der Waals surface area (Å²) in [6, 6.07) is 18.1. The van der Waals surface area contributed by atoms with Gasteiger partial charge in [0, 0.05) is 18.3 Å². The van der Waals surface area contributed by atoms with Crippen LogP contribution in [0.5, 0.6) is 5.75 Å². The molecular formula is C22H24N6O. The minimum absolute atomic E-state index is 0.241. The van der Waals surface area contributed by atoms with Gasteiger partial charge in [0.15, 0.2) is 17.0 Å². The second-order valence-electron chi connectivity index (χ2n) is 7.01.